The molecule has 0 spiro atoms. The van der Waals surface area contributed by atoms with E-state index in [2.05, 4.69) is 19.9 Å². The van der Waals surface area contributed by atoms with Gasteiger partial charge in [-0.3, -0.25) is 0 Å². The molecule has 0 fully saturated rings. The lowest BCUT2D eigenvalue weighted by molar-refractivity contribution is 0.991. The Balaban J connectivity index is 2.29. The van der Waals surface area contributed by atoms with Gasteiger partial charge in [-0.25, -0.2) is 15.0 Å². The van der Waals surface area contributed by atoms with Gasteiger partial charge in [0.1, 0.15) is 17.2 Å². The van der Waals surface area contributed by atoms with Crippen LogP contribution in [0.4, 0.5) is 5.82 Å². The summed E-state index contributed by atoms with van der Waals surface area (Å²) < 4.78 is 0. The third-order valence-corrected chi connectivity index (χ3v) is 2.76. The van der Waals surface area contributed by atoms with E-state index in [1.54, 1.807) is 12.4 Å². The van der Waals surface area contributed by atoms with E-state index in [-0.39, 0.29) is 0 Å². The molecule has 2 aromatic heterocycles. The number of imidazole rings is 1. The van der Waals surface area contributed by atoms with E-state index < -0.39 is 0 Å². The molecule has 6 heteroatoms. The van der Waals surface area contributed by atoms with Crippen molar-refractivity contribution >= 4 is 17.6 Å². The van der Waals surface area contributed by atoms with Crippen LogP contribution in [0.3, 0.4) is 0 Å². The molecule has 0 aliphatic rings. The number of nitrogens with two attached hydrogens (primary N) is 1. The first kappa shape index (κ1) is 9.01. The number of aromatic nitrogens is 4. The zero-order valence-corrected chi connectivity index (χ0v) is 8.38. The average molecular weight is 207 g/mol. The number of anilines is 1. The molecule has 72 valence electrons. The van der Waals surface area contributed by atoms with Gasteiger partial charge in [-0.1, -0.05) is 0 Å². The quantitative estimate of drug-likeness (QED) is 0.724. The molecule has 0 aromatic carbocycles. The smallest absolute Gasteiger partial charge is 0.171 e. The molecule has 2 rings (SSSR count). The lowest BCUT2D eigenvalue weighted by Gasteiger charge is -2.02. The minimum absolute atomic E-state index is 0.508. The molecule has 0 amide bonds. The van der Waals surface area contributed by atoms with Crippen LogP contribution >= 0.6 is 11.8 Å². The first-order valence-electron chi connectivity index (χ1n) is 4.01. The molecule has 0 saturated carbocycles. The van der Waals surface area contributed by atoms with Crippen LogP contribution in [0.5, 0.6) is 0 Å². The van der Waals surface area contributed by atoms with Crippen molar-refractivity contribution in [3.05, 3.63) is 24.3 Å². The van der Waals surface area contributed by atoms with E-state index in [0.717, 1.165) is 15.7 Å². The van der Waals surface area contributed by atoms with Gasteiger partial charge in [-0.05, 0) is 18.7 Å². The van der Waals surface area contributed by atoms with Crippen molar-refractivity contribution in [2.24, 2.45) is 0 Å². The summed E-state index contributed by atoms with van der Waals surface area (Å²) in [4.78, 5) is 15.1. The highest BCUT2D eigenvalue weighted by Gasteiger charge is 2.06. The number of nitrogen functional groups attached to an aromatic ring is 1. The summed E-state index contributed by atoms with van der Waals surface area (Å²) in [6.45, 7) is 1.89. The Morgan fingerprint density at radius 2 is 2.21 bits per heavy atom. The lowest BCUT2D eigenvalue weighted by Crippen LogP contribution is -1.97. The lowest BCUT2D eigenvalue weighted by atomic mass is 10.4. The number of nitrogens with zero attached hydrogens (tertiary/aromatic N) is 3. The second kappa shape index (κ2) is 3.67. The zero-order valence-electron chi connectivity index (χ0n) is 7.56. The number of hydrogen-bond acceptors (Lipinski definition) is 5. The summed E-state index contributed by atoms with van der Waals surface area (Å²) >= 11 is 1.44. The second-order valence-electron chi connectivity index (χ2n) is 2.69. The summed E-state index contributed by atoms with van der Waals surface area (Å²) in [5.41, 5.74) is 6.54. The van der Waals surface area contributed by atoms with Crippen LogP contribution in [0.1, 0.15) is 5.56 Å². The second-order valence-corrected chi connectivity index (χ2v) is 3.66. The zero-order chi connectivity index (χ0) is 9.97. The van der Waals surface area contributed by atoms with Crippen molar-refractivity contribution in [3.8, 4) is 0 Å². The molecular formula is C8H9N5S. The van der Waals surface area contributed by atoms with Crippen LogP contribution < -0.4 is 5.73 Å². The Hall–Kier alpha value is -1.56. The molecule has 0 saturated heterocycles. The van der Waals surface area contributed by atoms with Crippen LogP contribution in [-0.4, -0.2) is 19.9 Å². The molecule has 5 nitrogen and oxygen atoms in total. The van der Waals surface area contributed by atoms with Gasteiger partial charge < -0.3 is 10.7 Å². The van der Waals surface area contributed by atoms with Crippen LogP contribution in [-0.2, 0) is 0 Å². The third-order valence-electron chi connectivity index (χ3n) is 1.74. The van der Waals surface area contributed by atoms with E-state index in [1.807, 2.05) is 6.92 Å². The Bertz CT molecular complexity index is 425. The summed E-state index contributed by atoms with van der Waals surface area (Å²) in [5, 5.41) is 1.62. The van der Waals surface area contributed by atoms with Crippen molar-refractivity contribution in [1.29, 1.82) is 0 Å². The van der Waals surface area contributed by atoms with Gasteiger partial charge in [0, 0.05) is 18.0 Å². The fraction of sp³-hybridized carbons (Fsp3) is 0.125. The first-order chi connectivity index (χ1) is 6.77. The Morgan fingerprint density at radius 3 is 2.93 bits per heavy atom. The maximum Gasteiger partial charge on any atom is 0.171 e. The highest BCUT2D eigenvalue weighted by atomic mass is 32.2. The summed E-state index contributed by atoms with van der Waals surface area (Å²) in [6.07, 6.45) is 4.91. The number of H-pyrrole nitrogens is 1. The summed E-state index contributed by atoms with van der Waals surface area (Å²) in [5.74, 6) is 0.508. The predicted octanol–water partition coefficient (Wildman–Crippen LogP) is 1.24. The van der Waals surface area contributed by atoms with Gasteiger partial charge in [0.2, 0.25) is 0 Å². The Morgan fingerprint density at radius 1 is 1.36 bits per heavy atom. The van der Waals surface area contributed by atoms with E-state index in [4.69, 9.17) is 5.73 Å². The molecule has 2 heterocycles. The molecule has 0 unspecified atom stereocenters. The molecule has 0 bridgehead atoms. The van der Waals surface area contributed by atoms with Crippen molar-refractivity contribution in [1.82, 2.24) is 19.9 Å². The number of rotatable bonds is 2. The standard InChI is InChI=1S/C8H9N5S/c1-5-6(9)12-4-13-7(5)14-8-10-2-3-11-8/h2-4H,1H3,(H,10,11)(H2,9,12,13). The minimum atomic E-state index is 0.508. The van der Waals surface area contributed by atoms with E-state index >= 15 is 0 Å². The molecule has 0 atom stereocenters. The van der Waals surface area contributed by atoms with E-state index in [1.165, 1.54) is 18.1 Å². The molecule has 0 aliphatic carbocycles. The largest absolute Gasteiger partial charge is 0.383 e. The van der Waals surface area contributed by atoms with Crippen LogP contribution in [0, 0.1) is 6.92 Å². The average Bonchev–Trinajstić information content (AvgIpc) is 2.66. The summed E-state index contributed by atoms with van der Waals surface area (Å²) in [7, 11) is 0. The monoisotopic (exact) mass is 207 g/mol. The van der Waals surface area contributed by atoms with Gasteiger partial charge >= 0.3 is 0 Å². The molecule has 0 radical (unpaired) electrons. The first-order valence-corrected chi connectivity index (χ1v) is 4.83. The maximum absolute atomic E-state index is 5.65. The van der Waals surface area contributed by atoms with Crippen molar-refractivity contribution in [3.63, 3.8) is 0 Å². The van der Waals surface area contributed by atoms with Crippen LogP contribution in [0.2, 0.25) is 0 Å². The number of nitrogens with one attached hydrogen (secondary N) is 1. The highest BCUT2D eigenvalue weighted by Crippen LogP contribution is 2.26. The third kappa shape index (κ3) is 1.69. The van der Waals surface area contributed by atoms with Gasteiger partial charge in [0.15, 0.2) is 5.16 Å². The number of aromatic amines is 1. The topological polar surface area (TPSA) is 80.5 Å². The molecule has 0 aliphatic heterocycles. The van der Waals surface area contributed by atoms with Gasteiger partial charge in [-0.15, -0.1) is 0 Å². The Labute approximate surface area is 85.2 Å². The molecule has 14 heavy (non-hydrogen) atoms. The van der Waals surface area contributed by atoms with E-state index in [9.17, 15) is 0 Å². The van der Waals surface area contributed by atoms with Crippen LogP contribution in [0.25, 0.3) is 0 Å². The number of hydrogen-bond donors (Lipinski definition) is 2. The minimum Gasteiger partial charge on any atom is -0.383 e. The summed E-state index contributed by atoms with van der Waals surface area (Å²) in [6, 6.07) is 0. The molecule has 2 aromatic rings. The van der Waals surface area contributed by atoms with Crippen molar-refractivity contribution < 1.29 is 0 Å². The fourth-order valence-corrected chi connectivity index (χ4v) is 1.73. The van der Waals surface area contributed by atoms with Crippen molar-refractivity contribution in [2.45, 2.75) is 17.1 Å². The van der Waals surface area contributed by atoms with Crippen molar-refractivity contribution in [2.75, 3.05) is 5.73 Å². The normalized spacial score (nSPS) is 10.4. The van der Waals surface area contributed by atoms with Gasteiger partial charge in [0.25, 0.3) is 0 Å². The highest BCUT2D eigenvalue weighted by molar-refractivity contribution is 7.99. The Kier molecular flexibility index (Phi) is 2.36. The molecular weight excluding hydrogens is 198 g/mol. The van der Waals surface area contributed by atoms with Gasteiger partial charge in [-0.2, -0.15) is 0 Å². The maximum atomic E-state index is 5.65. The van der Waals surface area contributed by atoms with Crippen LogP contribution in [0.15, 0.2) is 28.9 Å². The van der Waals surface area contributed by atoms with E-state index in [0.29, 0.717) is 5.82 Å². The molecule has 3 N–H and O–H groups in total. The predicted molar refractivity (Wildman–Crippen MR) is 53.9 cm³/mol. The SMILES string of the molecule is Cc1c(N)ncnc1Sc1ncc[nH]1. The van der Waals surface area contributed by atoms with Gasteiger partial charge in [0.05, 0.1) is 0 Å². The fourth-order valence-electron chi connectivity index (χ4n) is 0.948.